The van der Waals surface area contributed by atoms with Crippen LogP contribution in [0, 0.1) is 0 Å². The van der Waals surface area contributed by atoms with Gasteiger partial charge in [-0.25, -0.2) is 13.2 Å². The van der Waals surface area contributed by atoms with Crippen LogP contribution >= 0.6 is 0 Å². The van der Waals surface area contributed by atoms with Gasteiger partial charge in [0.2, 0.25) is 10.0 Å². The van der Waals surface area contributed by atoms with Crippen molar-refractivity contribution in [1.29, 1.82) is 0 Å². The lowest BCUT2D eigenvalue weighted by Gasteiger charge is -2.34. The third-order valence-electron chi connectivity index (χ3n) is 4.65. The lowest BCUT2D eigenvalue weighted by Crippen LogP contribution is -2.46. The molecule has 0 aromatic heterocycles. The molecule has 0 spiro atoms. The molecule has 1 atom stereocenters. The van der Waals surface area contributed by atoms with E-state index in [4.69, 9.17) is 9.47 Å². The zero-order chi connectivity index (χ0) is 18.0. The fraction of sp³-hybridized carbons (Fsp3) is 0.938. The molecule has 0 radical (unpaired) electrons. The zero-order valence-corrected chi connectivity index (χ0v) is 16.0. The van der Waals surface area contributed by atoms with E-state index in [1.807, 2.05) is 20.8 Å². The number of likely N-dealkylation sites (tertiary alicyclic amines) is 1. The Labute approximate surface area is 145 Å². The molecule has 0 saturated carbocycles. The number of carbonyl (C=O) groups is 1. The number of hydrogen-bond acceptors (Lipinski definition) is 5. The van der Waals surface area contributed by atoms with Crippen LogP contribution in [-0.2, 0) is 19.5 Å². The number of rotatable bonds is 3. The van der Waals surface area contributed by atoms with Crippen LogP contribution in [0.15, 0.2) is 0 Å². The highest BCUT2D eigenvalue weighted by atomic mass is 32.2. The van der Waals surface area contributed by atoms with Crippen LogP contribution in [0.1, 0.15) is 46.5 Å². The molecule has 2 rings (SSSR count). The van der Waals surface area contributed by atoms with Gasteiger partial charge in [-0.1, -0.05) is 0 Å². The van der Waals surface area contributed by atoms with Crippen LogP contribution in [0.2, 0.25) is 0 Å². The van der Waals surface area contributed by atoms with Crippen molar-refractivity contribution in [2.24, 2.45) is 0 Å². The number of nitrogens with zero attached hydrogens (tertiary/aromatic N) is 2. The Kier molecular flexibility index (Phi) is 5.82. The fourth-order valence-electron chi connectivity index (χ4n) is 3.29. The van der Waals surface area contributed by atoms with Gasteiger partial charge in [-0.2, -0.15) is 4.31 Å². The van der Waals surface area contributed by atoms with Gasteiger partial charge in [-0.3, -0.25) is 0 Å². The van der Waals surface area contributed by atoms with E-state index in [1.54, 1.807) is 16.3 Å². The topological polar surface area (TPSA) is 76.2 Å². The summed E-state index contributed by atoms with van der Waals surface area (Å²) in [6.45, 7) is 7.59. The summed E-state index contributed by atoms with van der Waals surface area (Å²) in [7, 11) is -1.52. The summed E-state index contributed by atoms with van der Waals surface area (Å²) in [5.74, 6) is 0.219. The van der Waals surface area contributed by atoms with Gasteiger partial charge >= 0.3 is 6.09 Å². The molecule has 8 heteroatoms. The van der Waals surface area contributed by atoms with Gasteiger partial charge in [0, 0.05) is 33.3 Å². The predicted molar refractivity (Wildman–Crippen MR) is 91.4 cm³/mol. The van der Waals surface area contributed by atoms with Crippen molar-refractivity contribution in [3.63, 3.8) is 0 Å². The summed E-state index contributed by atoms with van der Waals surface area (Å²) < 4.78 is 36.9. The van der Waals surface area contributed by atoms with Crippen LogP contribution in [0.25, 0.3) is 0 Å². The van der Waals surface area contributed by atoms with Crippen molar-refractivity contribution in [1.82, 2.24) is 9.21 Å². The van der Waals surface area contributed by atoms with Crippen LogP contribution in [0.4, 0.5) is 4.79 Å². The first-order chi connectivity index (χ1) is 11.1. The molecule has 1 unspecified atom stereocenters. The third kappa shape index (κ3) is 4.83. The average Bonchev–Trinajstić information content (AvgIpc) is 2.68. The first kappa shape index (κ1) is 19.5. The fourth-order valence-corrected chi connectivity index (χ4v) is 4.89. The van der Waals surface area contributed by atoms with Gasteiger partial charge in [0.25, 0.3) is 0 Å². The summed E-state index contributed by atoms with van der Waals surface area (Å²) in [6.07, 6.45) is 2.46. The largest absolute Gasteiger partial charge is 0.444 e. The number of carbonyl (C=O) groups excluding carboxylic acids is 1. The second-order valence-electron chi connectivity index (χ2n) is 7.71. The van der Waals surface area contributed by atoms with E-state index in [0.717, 1.165) is 12.8 Å². The van der Waals surface area contributed by atoms with E-state index in [9.17, 15) is 13.2 Å². The predicted octanol–water partition coefficient (Wildman–Crippen LogP) is 1.83. The molecule has 0 bridgehead atoms. The summed E-state index contributed by atoms with van der Waals surface area (Å²) in [6, 6.07) is 0. The molecule has 2 aliphatic rings. The van der Waals surface area contributed by atoms with Crippen LogP contribution in [0.3, 0.4) is 0 Å². The Hall–Kier alpha value is -0.860. The minimum Gasteiger partial charge on any atom is -0.444 e. The Bertz CT molecular complexity index is 557. The molecule has 0 aliphatic carbocycles. The quantitative estimate of drug-likeness (QED) is 0.765. The Balaban J connectivity index is 2.02. The maximum Gasteiger partial charge on any atom is 0.410 e. The highest BCUT2D eigenvalue weighted by Gasteiger charge is 2.40. The van der Waals surface area contributed by atoms with E-state index in [2.05, 4.69) is 0 Å². The van der Waals surface area contributed by atoms with E-state index in [1.165, 1.54) is 0 Å². The van der Waals surface area contributed by atoms with Crippen molar-refractivity contribution in [2.45, 2.75) is 57.7 Å². The number of hydrogen-bond donors (Lipinski definition) is 0. The van der Waals surface area contributed by atoms with Gasteiger partial charge < -0.3 is 14.4 Å². The molecule has 24 heavy (non-hydrogen) atoms. The highest BCUT2D eigenvalue weighted by Crippen LogP contribution is 2.30. The van der Waals surface area contributed by atoms with Crippen LogP contribution in [0.5, 0.6) is 0 Å². The van der Waals surface area contributed by atoms with Gasteiger partial charge in [0.1, 0.15) is 5.60 Å². The van der Waals surface area contributed by atoms with Crippen molar-refractivity contribution in [2.75, 3.05) is 39.0 Å². The van der Waals surface area contributed by atoms with E-state index in [-0.39, 0.29) is 11.8 Å². The van der Waals surface area contributed by atoms with Crippen molar-refractivity contribution in [3.8, 4) is 0 Å². The standard InChI is InChI=1S/C16H30N2O5S/c1-15(2,3)23-14(19)17-9-5-7-16(22-4,8-11-17)13-18-10-6-12-24(18,20)21/h5-13H2,1-4H3. The SMILES string of the molecule is COC1(CN2CCCS2(=O)=O)CCCN(C(=O)OC(C)(C)C)CC1. The Morgan fingerprint density at radius 2 is 1.83 bits per heavy atom. The maximum absolute atomic E-state index is 12.3. The molecular weight excluding hydrogens is 332 g/mol. The van der Waals surface area contributed by atoms with Crippen molar-refractivity contribution < 1.29 is 22.7 Å². The minimum atomic E-state index is -3.15. The summed E-state index contributed by atoms with van der Waals surface area (Å²) in [4.78, 5) is 14.0. The molecule has 2 saturated heterocycles. The lowest BCUT2D eigenvalue weighted by atomic mass is 9.94. The Morgan fingerprint density at radius 3 is 2.38 bits per heavy atom. The maximum atomic E-state index is 12.3. The molecule has 1 amide bonds. The van der Waals surface area contributed by atoms with Gasteiger partial charge in [0.15, 0.2) is 0 Å². The van der Waals surface area contributed by atoms with E-state index < -0.39 is 21.2 Å². The molecule has 0 aromatic rings. The van der Waals surface area contributed by atoms with Crippen LogP contribution < -0.4 is 0 Å². The van der Waals surface area contributed by atoms with E-state index >= 15 is 0 Å². The monoisotopic (exact) mass is 362 g/mol. The molecule has 0 aromatic carbocycles. The highest BCUT2D eigenvalue weighted by molar-refractivity contribution is 7.89. The van der Waals surface area contributed by atoms with Crippen LogP contribution in [-0.4, -0.2) is 74.0 Å². The lowest BCUT2D eigenvalue weighted by molar-refractivity contribution is -0.0335. The molecule has 140 valence electrons. The first-order valence-electron chi connectivity index (χ1n) is 8.58. The van der Waals surface area contributed by atoms with Gasteiger partial charge in [0.05, 0.1) is 11.4 Å². The summed E-state index contributed by atoms with van der Waals surface area (Å²) >= 11 is 0. The van der Waals surface area contributed by atoms with Crippen molar-refractivity contribution in [3.05, 3.63) is 0 Å². The summed E-state index contributed by atoms with van der Waals surface area (Å²) in [5, 5.41) is 0. The van der Waals surface area contributed by atoms with Crippen molar-refractivity contribution >= 4 is 16.1 Å². The normalized spacial score (nSPS) is 28.6. The Morgan fingerprint density at radius 1 is 1.12 bits per heavy atom. The zero-order valence-electron chi connectivity index (χ0n) is 15.2. The molecule has 0 N–H and O–H groups in total. The second kappa shape index (κ2) is 7.17. The summed E-state index contributed by atoms with van der Waals surface area (Å²) in [5.41, 5.74) is -1.06. The van der Waals surface area contributed by atoms with Gasteiger partial charge in [-0.05, 0) is 46.5 Å². The minimum absolute atomic E-state index is 0.219. The smallest absolute Gasteiger partial charge is 0.410 e. The number of ether oxygens (including phenoxy) is 2. The van der Waals surface area contributed by atoms with E-state index in [0.29, 0.717) is 39.0 Å². The third-order valence-corrected chi connectivity index (χ3v) is 6.55. The molecular formula is C16H30N2O5S. The molecule has 2 aliphatic heterocycles. The molecule has 2 fully saturated rings. The second-order valence-corrected chi connectivity index (χ2v) is 9.80. The van der Waals surface area contributed by atoms with Gasteiger partial charge in [-0.15, -0.1) is 0 Å². The number of amides is 1. The number of methoxy groups -OCH3 is 1. The molecule has 7 nitrogen and oxygen atoms in total. The average molecular weight is 362 g/mol. The first-order valence-corrected chi connectivity index (χ1v) is 10.2. The number of sulfonamides is 1. The molecule has 2 heterocycles.